The molecule has 1 aliphatic rings. The van der Waals surface area contributed by atoms with Crippen LogP contribution in [0.25, 0.3) is 0 Å². The van der Waals surface area contributed by atoms with Crippen LogP contribution in [0.2, 0.25) is 5.02 Å². The van der Waals surface area contributed by atoms with E-state index in [2.05, 4.69) is 0 Å². The number of anilines is 1. The molecule has 3 rings (SSSR count). The number of aliphatic hydroxyl groups excluding tert-OH is 1. The van der Waals surface area contributed by atoms with E-state index in [0.29, 0.717) is 5.56 Å². The largest absolute Gasteiger partial charge is 0.503 e. The Labute approximate surface area is 159 Å². The molecule has 0 radical (unpaired) electrons. The summed E-state index contributed by atoms with van der Waals surface area (Å²) in [4.78, 5) is 37.9. The first-order valence-electron chi connectivity index (χ1n) is 8.03. The van der Waals surface area contributed by atoms with Crippen molar-refractivity contribution < 1.29 is 19.1 Å². The molecule has 6 nitrogen and oxygen atoms in total. The fourth-order valence-corrected chi connectivity index (χ4v) is 3.40. The molecule has 27 heavy (non-hydrogen) atoms. The van der Waals surface area contributed by atoms with Gasteiger partial charge < -0.3 is 9.67 Å². The average molecular weight is 391 g/mol. The van der Waals surface area contributed by atoms with Gasteiger partial charge in [0.15, 0.2) is 11.5 Å². The molecule has 8 heteroatoms. The molecule has 2 heterocycles. The fraction of sp³-hybridized carbons (Fsp3) is 0.211. The second-order valence-electron chi connectivity index (χ2n) is 6.36. The highest BCUT2D eigenvalue weighted by molar-refractivity contribution is 6.30. The Morgan fingerprint density at radius 3 is 2.48 bits per heavy atom. The van der Waals surface area contributed by atoms with E-state index < -0.39 is 29.3 Å². The zero-order valence-corrected chi connectivity index (χ0v) is 15.5. The molecular weight excluding hydrogens is 375 g/mol. The number of aliphatic hydroxyl groups is 1. The highest BCUT2D eigenvalue weighted by Gasteiger charge is 2.44. The molecule has 1 aliphatic heterocycles. The molecule has 1 aromatic heterocycles. The molecule has 0 spiro atoms. The quantitative estimate of drug-likeness (QED) is 0.873. The van der Waals surface area contributed by atoms with Gasteiger partial charge >= 0.3 is 0 Å². The Kier molecular flexibility index (Phi) is 4.65. The van der Waals surface area contributed by atoms with Gasteiger partial charge in [0.05, 0.1) is 17.3 Å². The third-order valence-electron chi connectivity index (χ3n) is 4.47. The fourth-order valence-electron chi connectivity index (χ4n) is 3.24. The van der Waals surface area contributed by atoms with Crippen LogP contribution in [0.5, 0.6) is 0 Å². The Hall–Kier alpha value is -2.93. The van der Waals surface area contributed by atoms with Crippen molar-refractivity contribution >= 4 is 29.0 Å². The summed E-state index contributed by atoms with van der Waals surface area (Å²) in [7, 11) is 1.51. The van der Waals surface area contributed by atoms with Crippen LogP contribution in [0.15, 0.2) is 46.6 Å². The van der Waals surface area contributed by atoms with Crippen LogP contribution >= 0.6 is 11.6 Å². The lowest BCUT2D eigenvalue weighted by Gasteiger charge is -2.27. The smallest absolute Gasteiger partial charge is 0.294 e. The first kappa shape index (κ1) is 18.8. The van der Waals surface area contributed by atoms with Crippen LogP contribution in [0.3, 0.4) is 0 Å². The van der Waals surface area contributed by atoms with Crippen LogP contribution in [-0.4, -0.2) is 21.4 Å². The van der Waals surface area contributed by atoms with Crippen molar-refractivity contribution in [2.75, 3.05) is 4.90 Å². The summed E-state index contributed by atoms with van der Waals surface area (Å²) in [5.41, 5.74) is 0.139. The number of aryl methyl sites for hydroxylation is 2. The van der Waals surface area contributed by atoms with Gasteiger partial charge in [-0.2, -0.15) is 0 Å². The number of pyridine rings is 1. The first-order valence-corrected chi connectivity index (χ1v) is 8.41. The highest BCUT2D eigenvalue weighted by atomic mass is 35.5. The maximum Gasteiger partial charge on any atom is 0.294 e. The van der Waals surface area contributed by atoms with Crippen molar-refractivity contribution in [2.45, 2.75) is 19.9 Å². The van der Waals surface area contributed by atoms with Gasteiger partial charge in [-0.05, 0) is 32.0 Å². The van der Waals surface area contributed by atoms with Gasteiger partial charge in [0.25, 0.3) is 11.5 Å². The first-order chi connectivity index (χ1) is 12.6. The third kappa shape index (κ3) is 3.04. The molecule has 140 valence electrons. The topological polar surface area (TPSA) is 79.6 Å². The van der Waals surface area contributed by atoms with Crippen molar-refractivity contribution in [3.63, 3.8) is 0 Å². The zero-order valence-electron chi connectivity index (χ0n) is 14.8. The van der Waals surface area contributed by atoms with Crippen molar-refractivity contribution in [3.8, 4) is 0 Å². The van der Waals surface area contributed by atoms with Crippen LogP contribution in [0.1, 0.15) is 24.1 Å². The maximum atomic E-state index is 14.6. The number of hydrogen-bond donors (Lipinski definition) is 1. The molecule has 0 fully saturated rings. The van der Waals surface area contributed by atoms with E-state index >= 15 is 0 Å². The standard InChI is InChI=1S/C19H16ClFN2O4/c1-9-6-12(8-22(3)18(9)26)23-16(13-5-4-11(20)7-14(13)21)15(10(2)24)17(25)19(23)27/h4-8,16,25H,1-3H3. The van der Waals surface area contributed by atoms with Crippen LogP contribution in [0.4, 0.5) is 10.1 Å². The SMILES string of the molecule is CC(=O)C1=C(O)C(=O)N(c2cc(C)c(=O)n(C)c2)C1c1ccc(Cl)cc1F. The number of amides is 1. The summed E-state index contributed by atoms with van der Waals surface area (Å²) >= 11 is 5.81. The minimum absolute atomic E-state index is 0.00788. The average Bonchev–Trinajstić information content (AvgIpc) is 2.84. The van der Waals surface area contributed by atoms with Gasteiger partial charge in [-0.25, -0.2) is 4.39 Å². The lowest BCUT2D eigenvalue weighted by atomic mass is 9.96. The van der Waals surface area contributed by atoms with E-state index in [1.165, 1.54) is 42.9 Å². The minimum Gasteiger partial charge on any atom is -0.503 e. The molecule has 1 aromatic carbocycles. The van der Waals surface area contributed by atoms with Crippen LogP contribution in [0, 0.1) is 12.7 Å². The number of carbonyl (C=O) groups is 2. The summed E-state index contributed by atoms with van der Waals surface area (Å²) in [6.45, 7) is 2.76. The Bertz CT molecular complexity index is 1050. The summed E-state index contributed by atoms with van der Waals surface area (Å²) in [5, 5.41) is 10.4. The monoisotopic (exact) mass is 390 g/mol. The van der Waals surface area contributed by atoms with Gasteiger partial charge in [-0.3, -0.25) is 19.3 Å². The van der Waals surface area contributed by atoms with Crippen molar-refractivity contribution in [1.29, 1.82) is 0 Å². The second kappa shape index (κ2) is 6.66. The molecule has 0 saturated carbocycles. The summed E-state index contributed by atoms with van der Waals surface area (Å²) < 4.78 is 15.9. The third-order valence-corrected chi connectivity index (χ3v) is 4.71. The Morgan fingerprint density at radius 2 is 1.93 bits per heavy atom. The summed E-state index contributed by atoms with van der Waals surface area (Å²) in [5.74, 6) is -2.88. The number of carbonyl (C=O) groups excluding carboxylic acids is 2. The van der Waals surface area contributed by atoms with E-state index in [-0.39, 0.29) is 27.4 Å². The Balaban J connectivity index is 2.28. The normalized spacial score (nSPS) is 17.0. The number of benzene rings is 1. The predicted molar refractivity (Wildman–Crippen MR) is 98.4 cm³/mol. The van der Waals surface area contributed by atoms with E-state index in [1.54, 1.807) is 6.92 Å². The predicted octanol–water partition coefficient (Wildman–Crippen LogP) is 2.98. The molecule has 0 saturated heterocycles. The number of ketones is 1. The van der Waals surface area contributed by atoms with Gasteiger partial charge in [0.2, 0.25) is 0 Å². The number of nitrogens with zero attached hydrogens (tertiary/aromatic N) is 2. The van der Waals surface area contributed by atoms with Crippen LogP contribution < -0.4 is 10.5 Å². The van der Waals surface area contributed by atoms with Gasteiger partial charge in [-0.1, -0.05) is 17.7 Å². The number of rotatable bonds is 3. The molecular formula is C19H16ClFN2O4. The number of hydrogen-bond acceptors (Lipinski definition) is 4. The van der Waals surface area contributed by atoms with Crippen LogP contribution in [-0.2, 0) is 16.6 Å². The second-order valence-corrected chi connectivity index (χ2v) is 6.80. The lowest BCUT2D eigenvalue weighted by Crippen LogP contribution is -2.33. The van der Waals surface area contributed by atoms with Crippen molar-refractivity contribution in [1.82, 2.24) is 4.57 Å². The molecule has 0 aliphatic carbocycles. The molecule has 2 aromatic rings. The van der Waals surface area contributed by atoms with E-state index in [4.69, 9.17) is 11.6 Å². The van der Waals surface area contributed by atoms with E-state index in [1.807, 2.05) is 0 Å². The molecule has 0 bridgehead atoms. The molecule has 1 atom stereocenters. The molecule has 1 unspecified atom stereocenters. The highest BCUT2D eigenvalue weighted by Crippen LogP contribution is 2.41. The summed E-state index contributed by atoms with van der Waals surface area (Å²) in [6.07, 6.45) is 1.39. The van der Waals surface area contributed by atoms with Gasteiger partial charge in [-0.15, -0.1) is 0 Å². The minimum atomic E-state index is -1.18. The maximum absolute atomic E-state index is 14.6. The van der Waals surface area contributed by atoms with Gasteiger partial charge in [0.1, 0.15) is 5.82 Å². The van der Waals surface area contributed by atoms with E-state index in [0.717, 1.165) is 11.0 Å². The van der Waals surface area contributed by atoms with E-state index in [9.17, 15) is 23.9 Å². The molecule has 1 N–H and O–H groups in total. The van der Waals surface area contributed by atoms with Crippen molar-refractivity contribution in [3.05, 3.63) is 74.1 Å². The number of Topliss-reactive ketones (excluding diaryl/α,β-unsaturated/α-hetero) is 1. The summed E-state index contributed by atoms with van der Waals surface area (Å²) in [6, 6.07) is 4.14. The molecule has 1 amide bonds. The lowest BCUT2D eigenvalue weighted by molar-refractivity contribution is -0.117. The number of halogens is 2. The Morgan fingerprint density at radius 1 is 1.26 bits per heavy atom. The van der Waals surface area contributed by atoms with Gasteiger partial charge in [0, 0.05) is 29.4 Å². The van der Waals surface area contributed by atoms with Crippen molar-refractivity contribution in [2.24, 2.45) is 7.05 Å². The zero-order chi connectivity index (χ0) is 20.0. The number of aromatic nitrogens is 1.